The first kappa shape index (κ1) is 18.9. The van der Waals surface area contributed by atoms with Gasteiger partial charge in [-0.3, -0.25) is 0 Å². The molecule has 0 unspecified atom stereocenters. The third kappa shape index (κ3) is 3.08. The van der Waals surface area contributed by atoms with Crippen molar-refractivity contribution in [3.8, 4) is 0 Å². The number of rotatable bonds is 2. The number of benzene rings is 1. The van der Waals surface area contributed by atoms with Gasteiger partial charge in [0, 0.05) is 12.0 Å². The van der Waals surface area contributed by atoms with Crippen LogP contribution in [0.5, 0.6) is 0 Å². The maximum absolute atomic E-state index is 11.3. The highest BCUT2D eigenvalue weighted by Gasteiger charge is 2.57. The third-order valence-electron chi connectivity index (χ3n) is 9.29. The van der Waals surface area contributed by atoms with Crippen molar-refractivity contribution >= 4 is 6.08 Å². The molecule has 4 fully saturated rings. The summed E-state index contributed by atoms with van der Waals surface area (Å²) in [6.07, 6.45) is 12.1. The zero-order chi connectivity index (χ0) is 19.3. The Morgan fingerprint density at radius 1 is 1.00 bits per heavy atom. The van der Waals surface area contributed by atoms with E-state index in [1.54, 1.807) is 0 Å². The van der Waals surface area contributed by atoms with E-state index in [4.69, 9.17) is 0 Å². The average molecular weight is 381 g/mol. The quantitative estimate of drug-likeness (QED) is 0.731. The van der Waals surface area contributed by atoms with Gasteiger partial charge in [-0.25, -0.2) is 0 Å². The van der Waals surface area contributed by atoms with Gasteiger partial charge in [-0.05, 0) is 98.0 Å². The maximum Gasteiger partial charge on any atom is 0.0809 e. The molecular weight excluding hydrogens is 344 g/mol. The molecule has 0 spiro atoms. The van der Waals surface area contributed by atoms with Gasteiger partial charge in [-0.1, -0.05) is 43.3 Å². The monoisotopic (exact) mass is 380 g/mol. The molecule has 1 aromatic carbocycles. The van der Waals surface area contributed by atoms with Crippen molar-refractivity contribution in [2.75, 3.05) is 6.61 Å². The molecule has 0 saturated heterocycles. The van der Waals surface area contributed by atoms with Gasteiger partial charge in [0.1, 0.15) is 0 Å². The second kappa shape index (κ2) is 7.29. The van der Waals surface area contributed by atoms with Gasteiger partial charge in [0.05, 0.1) is 6.10 Å². The Kier molecular flexibility index (Phi) is 4.92. The fraction of sp³-hybridized carbons (Fsp3) is 0.692. The van der Waals surface area contributed by atoms with Crippen molar-refractivity contribution in [3.63, 3.8) is 0 Å². The summed E-state index contributed by atoms with van der Waals surface area (Å²) in [6.45, 7) is 2.76. The normalized spacial score (nSPS) is 46.7. The predicted octanol–water partition coefficient (Wildman–Crippen LogP) is 5.30. The second-order valence-corrected chi connectivity index (χ2v) is 10.7. The van der Waals surface area contributed by atoms with E-state index in [0.29, 0.717) is 18.4 Å². The maximum atomic E-state index is 11.3. The summed E-state index contributed by atoms with van der Waals surface area (Å²) >= 11 is 0. The summed E-state index contributed by atoms with van der Waals surface area (Å²) in [7, 11) is 0. The molecule has 0 radical (unpaired) electrons. The molecule has 2 nitrogen and oxygen atoms in total. The number of fused-ring (bicyclic) bond motifs is 4. The lowest BCUT2D eigenvalue weighted by Gasteiger charge is -2.54. The van der Waals surface area contributed by atoms with E-state index in [0.717, 1.165) is 30.1 Å². The highest BCUT2D eigenvalue weighted by atomic mass is 16.3. The molecule has 1 aromatic rings. The van der Waals surface area contributed by atoms with Crippen LogP contribution in [0.15, 0.2) is 35.9 Å². The SMILES string of the molecule is C[C@@]12CC[C@H]3C[C@H]4C[C@H](CO)CC[C@@H]4C[C@@H]3[C@H]1C/C(=C\c1ccccc1)[C@H]2O. The minimum Gasteiger partial charge on any atom is -0.396 e. The van der Waals surface area contributed by atoms with Crippen LogP contribution < -0.4 is 0 Å². The van der Waals surface area contributed by atoms with E-state index in [1.807, 2.05) is 0 Å². The molecule has 0 aromatic heterocycles. The Morgan fingerprint density at radius 2 is 1.82 bits per heavy atom. The van der Waals surface area contributed by atoms with Crippen LogP contribution in [0.2, 0.25) is 0 Å². The Balaban J connectivity index is 1.38. The first-order valence-electron chi connectivity index (χ1n) is 11.6. The summed E-state index contributed by atoms with van der Waals surface area (Å²) in [6, 6.07) is 10.5. The van der Waals surface area contributed by atoms with Crippen LogP contribution in [0.3, 0.4) is 0 Å². The molecule has 4 saturated carbocycles. The van der Waals surface area contributed by atoms with Crippen molar-refractivity contribution in [1.29, 1.82) is 0 Å². The lowest BCUT2D eigenvalue weighted by atomic mass is 9.51. The van der Waals surface area contributed by atoms with Crippen LogP contribution in [0, 0.1) is 40.9 Å². The number of aliphatic hydroxyl groups excluding tert-OH is 2. The third-order valence-corrected chi connectivity index (χ3v) is 9.29. The molecule has 4 aliphatic rings. The summed E-state index contributed by atoms with van der Waals surface area (Å²) in [4.78, 5) is 0. The second-order valence-electron chi connectivity index (χ2n) is 10.7. The van der Waals surface area contributed by atoms with Crippen LogP contribution in [0.25, 0.3) is 6.08 Å². The molecule has 2 heteroatoms. The fourth-order valence-electron chi connectivity index (χ4n) is 7.70. The van der Waals surface area contributed by atoms with E-state index in [-0.39, 0.29) is 11.5 Å². The highest BCUT2D eigenvalue weighted by Crippen LogP contribution is 2.63. The van der Waals surface area contributed by atoms with E-state index in [9.17, 15) is 10.2 Å². The minimum atomic E-state index is -0.276. The summed E-state index contributed by atoms with van der Waals surface area (Å²) in [5, 5.41) is 20.9. The lowest BCUT2D eigenvalue weighted by Crippen LogP contribution is -2.48. The molecule has 4 aliphatic carbocycles. The van der Waals surface area contributed by atoms with Crippen molar-refractivity contribution in [1.82, 2.24) is 0 Å². The van der Waals surface area contributed by atoms with Crippen molar-refractivity contribution in [2.24, 2.45) is 40.9 Å². The highest BCUT2D eigenvalue weighted by molar-refractivity contribution is 5.55. The smallest absolute Gasteiger partial charge is 0.0809 e. The Hall–Kier alpha value is -1.12. The Labute approximate surface area is 170 Å². The molecule has 8 atom stereocenters. The van der Waals surface area contributed by atoms with Gasteiger partial charge in [0.15, 0.2) is 0 Å². The summed E-state index contributed by atoms with van der Waals surface area (Å²) in [5.41, 5.74) is 2.56. The summed E-state index contributed by atoms with van der Waals surface area (Å²) < 4.78 is 0. The van der Waals surface area contributed by atoms with Crippen LogP contribution in [-0.4, -0.2) is 22.9 Å². The molecule has 5 rings (SSSR count). The van der Waals surface area contributed by atoms with Crippen molar-refractivity contribution in [3.05, 3.63) is 41.5 Å². The first-order chi connectivity index (χ1) is 13.6. The number of aliphatic hydroxyl groups is 2. The minimum absolute atomic E-state index is 0.0664. The molecule has 0 heterocycles. The van der Waals surface area contributed by atoms with Crippen LogP contribution in [-0.2, 0) is 0 Å². The van der Waals surface area contributed by atoms with E-state index >= 15 is 0 Å². The molecular formula is C26H36O2. The number of hydrogen-bond donors (Lipinski definition) is 2. The van der Waals surface area contributed by atoms with E-state index in [1.165, 1.54) is 56.1 Å². The van der Waals surface area contributed by atoms with Gasteiger partial charge in [0.25, 0.3) is 0 Å². The zero-order valence-corrected chi connectivity index (χ0v) is 17.3. The van der Waals surface area contributed by atoms with Gasteiger partial charge in [-0.2, -0.15) is 0 Å². The topological polar surface area (TPSA) is 40.5 Å². The Bertz CT molecular complexity index is 725. The lowest BCUT2D eigenvalue weighted by molar-refractivity contribution is -0.0723. The molecule has 2 N–H and O–H groups in total. The molecule has 28 heavy (non-hydrogen) atoms. The fourth-order valence-corrected chi connectivity index (χ4v) is 7.70. The standard InChI is InChI=1S/C26H36O2/c1-26-10-9-20-13-21-12-18(16-27)7-8-19(21)14-23(20)24(26)15-22(25(26)28)11-17-5-3-2-4-6-17/h2-6,11,18-21,23-25,27-28H,7-10,12-16H2,1H3/b22-11+/t18-,19-,20+,21-,23+,24-,25-,26-/m1/s1. The van der Waals surface area contributed by atoms with E-state index in [2.05, 4.69) is 43.3 Å². The number of hydrogen-bond acceptors (Lipinski definition) is 2. The van der Waals surface area contributed by atoms with Gasteiger partial charge < -0.3 is 10.2 Å². The Morgan fingerprint density at radius 3 is 2.61 bits per heavy atom. The molecule has 0 bridgehead atoms. The van der Waals surface area contributed by atoms with Gasteiger partial charge in [-0.15, -0.1) is 0 Å². The molecule has 0 aliphatic heterocycles. The molecule has 0 amide bonds. The van der Waals surface area contributed by atoms with Gasteiger partial charge in [0.2, 0.25) is 0 Å². The predicted molar refractivity (Wildman–Crippen MR) is 113 cm³/mol. The largest absolute Gasteiger partial charge is 0.396 e. The van der Waals surface area contributed by atoms with E-state index < -0.39 is 0 Å². The van der Waals surface area contributed by atoms with Crippen molar-refractivity contribution < 1.29 is 10.2 Å². The van der Waals surface area contributed by atoms with Crippen LogP contribution in [0.4, 0.5) is 0 Å². The molecule has 152 valence electrons. The zero-order valence-electron chi connectivity index (χ0n) is 17.3. The average Bonchev–Trinajstić information content (AvgIpc) is 2.98. The van der Waals surface area contributed by atoms with Crippen LogP contribution >= 0.6 is 0 Å². The van der Waals surface area contributed by atoms with Crippen LogP contribution in [0.1, 0.15) is 63.9 Å². The summed E-state index contributed by atoms with van der Waals surface area (Å²) in [5.74, 6) is 4.56. The van der Waals surface area contributed by atoms with Crippen molar-refractivity contribution in [2.45, 2.75) is 64.4 Å². The first-order valence-corrected chi connectivity index (χ1v) is 11.6. The van der Waals surface area contributed by atoms with Gasteiger partial charge >= 0.3 is 0 Å².